The molecule has 0 unspecified atom stereocenters. The fourth-order valence-corrected chi connectivity index (χ4v) is 3.53. The van der Waals surface area contributed by atoms with Gasteiger partial charge in [0.15, 0.2) is 0 Å². The molecule has 0 fully saturated rings. The zero-order valence-electron chi connectivity index (χ0n) is 10.5. The third kappa shape index (κ3) is 2.83. The first-order chi connectivity index (χ1) is 8.32. The van der Waals surface area contributed by atoms with Crippen LogP contribution in [0.5, 0.6) is 0 Å². The lowest BCUT2D eigenvalue weighted by molar-refractivity contribution is 0.359. The number of rotatable bonds is 5. The van der Waals surface area contributed by atoms with E-state index in [1.54, 1.807) is 20.9 Å². The van der Waals surface area contributed by atoms with E-state index in [-0.39, 0.29) is 29.2 Å². The van der Waals surface area contributed by atoms with Crippen molar-refractivity contribution in [3.63, 3.8) is 0 Å². The van der Waals surface area contributed by atoms with Crippen LogP contribution in [0.1, 0.15) is 20.3 Å². The first kappa shape index (κ1) is 15.0. The van der Waals surface area contributed by atoms with Crippen molar-refractivity contribution in [3.8, 4) is 6.07 Å². The highest BCUT2D eigenvalue weighted by Gasteiger charge is 2.31. The van der Waals surface area contributed by atoms with Crippen molar-refractivity contribution in [2.75, 3.05) is 6.54 Å². The Bertz CT molecular complexity index is 559. The zero-order chi connectivity index (χ0) is 13.9. The molecule has 0 spiro atoms. The van der Waals surface area contributed by atoms with Gasteiger partial charge in [-0.1, -0.05) is 11.6 Å². The summed E-state index contributed by atoms with van der Waals surface area (Å²) in [6, 6.07) is 1.67. The van der Waals surface area contributed by atoms with Crippen molar-refractivity contribution in [3.05, 3.63) is 11.5 Å². The van der Waals surface area contributed by atoms with Gasteiger partial charge in [-0.3, -0.25) is 0 Å². The largest absolute Gasteiger partial charge is 0.324 e. The highest BCUT2D eigenvalue weighted by molar-refractivity contribution is 7.89. The Morgan fingerprint density at radius 2 is 2.22 bits per heavy atom. The first-order valence-electron chi connectivity index (χ1n) is 5.38. The van der Waals surface area contributed by atoms with Crippen LogP contribution in [0.25, 0.3) is 0 Å². The van der Waals surface area contributed by atoms with Gasteiger partial charge < -0.3 is 4.57 Å². The fourth-order valence-electron chi connectivity index (χ4n) is 1.49. The molecule has 1 rings (SSSR count). The molecule has 0 amide bonds. The van der Waals surface area contributed by atoms with Gasteiger partial charge in [0.1, 0.15) is 5.15 Å². The molecule has 0 aliphatic heterocycles. The van der Waals surface area contributed by atoms with Crippen molar-refractivity contribution in [1.29, 1.82) is 5.26 Å². The van der Waals surface area contributed by atoms with E-state index in [4.69, 9.17) is 16.9 Å². The first-order valence-corrected chi connectivity index (χ1v) is 7.19. The summed E-state index contributed by atoms with van der Waals surface area (Å²) in [7, 11) is -2.15. The minimum absolute atomic E-state index is 0.0672. The second kappa shape index (κ2) is 5.69. The molecule has 0 radical (unpaired) electrons. The van der Waals surface area contributed by atoms with Gasteiger partial charge in [0, 0.05) is 26.1 Å². The van der Waals surface area contributed by atoms with Crippen LogP contribution in [0.15, 0.2) is 11.4 Å². The Hall–Kier alpha value is -1.10. The van der Waals surface area contributed by atoms with Gasteiger partial charge in [-0.2, -0.15) is 9.57 Å². The predicted octanol–water partition coefficient (Wildman–Crippen LogP) is 1.39. The summed E-state index contributed by atoms with van der Waals surface area (Å²) in [6.45, 7) is 3.61. The normalized spacial score (nSPS) is 12.1. The molecule has 8 heteroatoms. The Labute approximate surface area is 112 Å². The molecular weight excluding hydrogens is 276 g/mol. The summed E-state index contributed by atoms with van der Waals surface area (Å²) in [5.74, 6) is 0. The smallest absolute Gasteiger partial charge is 0.263 e. The minimum Gasteiger partial charge on any atom is -0.324 e. The van der Waals surface area contributed by atoms with Crippen LogP contribution in [0.4, 0.5) is 0 Å². The van der Waals surface area contributed by atoms with Crippen molar-refractivity contribution in [2.24, 2.45) is 7.05 Å². The summed E-state index contributed by atoms with van der Waals surface area (Å²) in [5, 5.41) is 8.47. The molecule has 0 saturated heterocycles. The van der Waals surface area contributed by atoms with E-state index in [1.165, 1.54) is 15.2 Å². The van der Waals surface area contributed by atoms with E-state index in [0.717, 1.165) is 0 Å². The van der Waals surface area contributed by atoms with Crippen LogP contribution in [0.3, 0.4) is 0 Å². The maximum absolute atomic E-state index is 12.4. The lowest BCUT2D eigenvalue weighted by Gasteiger charge is -2.23. The lowest BCUT2D eigenvalue weighted by atomic mass is 10.3. The molecule has 0 aliphatic carbocycles. The molecule has 0 N–H and O–H groups in total. The third-order valence-corrected chi connectivity index (χ3v) is 4.97. The van der Waals surface area contributed by atoms with Crippen LogP contribution in [-0.2, 0) is 17.1 Å². The molecule has 1 aromatic rings. The lowest BCUT2D eigenvalue weighted by Crippen LogP contribution is -2.37. The van der Waals surface area contributed by atoms with E-state index in [0.29, 0.717) is 0 Å². The number of halogens is 1. The number of sulfonamides is 1. The maximum atomic E-state index is 12.4. The molecular formula is C10H15ClN4O2S. The van der Waals surface area contributed by atoms with Gasteiger partial charge in [0.25, 0.3) is 10.0 Å². The van der Waals surface area contributed by atoms with Gasteiger partial charge in [-0.25, -0.2) is 13.4 Å². The average molecular weight is 291 g/mol. The van der Waals surface area contributed by atoms with E-state index in [2.05, 4.69) is 4.98 Å². The molecule has 18 heavy (non-hydrogen) atoms. The van der Waals surface area contributed by atoms with Crippen LogP contribution in [-0.4, -0.2) is 34.9 Å². The third-order valence-electron chi connectivity index (χ3n) is 2.41. The Kier molecular flexibility index (Phi) is 4.73. The summed E-state index contributed by atoms with van der Waals surface area (Å²) in [6.07, 6.45) is 1.47. The molecule has 1 heterocycles. The molecule has 0 aromatic carbocycles. The number of imidazole rings is 1. The van der Waals surface area contributed by atoms with E-state index in [9.17, 15) is 8.42 Å². The van der Waals surface area contributed by atoms with Gasteiger partial charge in [0.2, 0.25) is 5.03 Å². The number of nitrogens with zero attached hydrogens (tertiary/aromatic N) is 4. The van der Waals surface area contributed by atoms with Gasteiger partial charge in [-0.05, 0) is 13.8 Å². The number of aromatic nitrogens is 2. The van der Waals surface area contributed by atoms with Crippen molar-refractivity contribution >= 4 is 21.6 Å². The quantitative estimate of drug-likeness (QED) is 0.821. The molecule has 0 atom stereocenters. The number of hydrogen-bond acceptors (Lipinski definition) is 4. The second-order valence-electron chi connectivity index (χ2n) is 4.07. The highest BCUT2D eigenvalue weighted by Crippen LogP contribution is 2.24. The van der Waals surface area contributed by atoms with Crippen LogP contribution >= 0.6 is 11.6 Å². The standard InChI is InChI=1S/C10H15ClN4O2S/c1-8(2)15(6-4-5-12)18(16,17)10-9(11)14(3)7-13-10/h7-8H,4,6H2,1-3H3. The average Bonchev–Trinajstić information content (AvgIpc) is 2.60. The Balaban J connectivity index is 3.18. The summed E-state index contributed by atoms with van der Waals surface area (Å²) in [4.78, 5) is 3.82. The maximum Gasteiger partial charge on any atom is 0.263 e. The molecule has 100 valence electrons. The molecule has 1 aromatic heterocycles. The summed E-state index contributed by atoms with van der Waals surface area (Å²) >= 11 is 5.91. The van der Waals surface area contributed by atoms with Gasteiger partial charge in [-0.15, -0.1) is 0 Å². The van der Waals surface area contributed by atoms with Crippen molar-refractivity contribution in [2.45, 2.75) is 31.3 Å². The van der Waals surface area contributed by atoms with Crippen LogP contribution in [0, 0.1) is 11.3 Å². The minimum atomic E-state index is -3.76. The number of aryl methyl sites for hydroxylation is 1. The molecule has 0 bridgehead atoms. The zero-order valence-corrected chi connectivity index (χ0v) is 12.0. The second-order valence-corrected chi connectivity index (χ2v) is 6.23. The summed E-state index contributed by atoms with van der Waals surface area (Å²) < 4.78 is 27.4. The topological polar surface area (TPSA) is 79.0 Å². The Morgan fingerprint density at radius 3 is 2.61 bits per heavy atom. The van der Waals surface area contributed by atoms with E-state index < -0.39 is 10.0 Å². The highest BCUT2D eigenvalue weighted by atomic mass is 35.5. The SMILES string of the molecule is CC(C)N(CCC#N)S(=O)(=O)c1ncn(C)c1Cl. The molecule has 0 saturated carbocycles. The molecule has 6 nitrogen and oxygen atoms in total. The fraction of sp³-hybridized carbons (Fsp3) is 0.600. The van der Waals surface area contributed by atoms with Crippen LogP contribution in [0.2, 0.25) is 5.15 Å². The predicted molar refractivity (Wildman–Crippen MR) is 67.5 cm³/mol. The summed E-state index contributed by atoms with van der Waals surface area (Å²) in [5.41, 5.74) is 0. The number of nitriles is 1. The number of hydrogen-bond donors (Lipinski definition) is 0. The van der Waals surface area contributed by atoms with E-state index >= 15 is 0 Å². The van der Waals surface area contributed by atoms with Gasteiger partial charge in [0.05, 0.1) is 12.4 Å². The van der Waals surface area contributed by atoms with Crippen LogP contribution < -0.4 is 0 Å². The van der Waals surface area contributed by atoms with Crippen molar-refractivity contribution in [1.82, 2.24) is 13.9 Å². The van der Waals surface area contributed by atoms with Gasteiger partial charge >= 0.3 is 0 Å². The van der Waals surface area contributed by atoms with Crippen molar-refractivity contribution < 1.29 is 8.42 Å². The van der Waals surface area contributed by atoms with E-state index in [1.807, 2.05) is 6.07 Å². The molecule has 0 aliphatic rings. The Morgan fingerprint density at radius 1 is 1.61 bits per heavy atom. The monoisotopic (exact) mass is 290 g/mol.